The van der Waals surface area contributed by atoms with Gasteiger partial charge in [0.25, 0.3) is 0 Å². The van der Waals surface area contributed by atoms with Gasteiger partial charge >= 0.3 is 6.03 Å². The Morgan fingerprint density at radius 2 is 1.80 bits per heavy atom. The number of urea groups is 1. The molecule has 1 atom stereocenters. The molecule has 0 radical (unpaired) electrons. The fourth-order valence-electron chi connectivity index (χ4n) is 2.61. The monoisotopic (exact) mass is 364 g/mol. The van der Waals surface area contributed by atoms with Crippen molar-refractivity contribution in [3.05, 3.63) is 24.3 Å². The van der Waals surface area contributed by atoms with E-state index in [0.717, 1.165) is 12.1 Å². The lowest BCUT2D eigenvalue weighted by atomic mass is 10.2. The average Bonchev–Trinajstić information content (AvgIpc) is 2.62. The second kappa shape index (κ2) is 9.68. The lowest BCUT2D eigenvalue weighted by Crippen LogP contribution is -2.52. The van der Waals surface area contributed by atoms with E-state index in [2.05, 4.69) is 22.5 Å². The van der Waals surface area contributed by atoms with Crippen molar-refractivity contribution >= 4 is 29.4 Å². The van der Waals surface area contributed by atoms with Crippen LogP contribution in [0.2, 0.25) is 0 Å². The van der Waals surface area contributed by atoms with E-state index < -0.39 is 0 Å². The van der Waals surface area contributed by atoms with Gasteiger partial charge in [-0.05, 0) is 43.9 Å². The number of rotatable bonds is 6. The van der Waals surface area contributed by atoms with Crippen molar-refractivity contribution in [2.24, 2.45) is 0 Å². The van der Waals surface area contributed by atoms with Crippen molar-refractivity contribution in [3.63, 3.8) is 0 Å². The predicted molar refractivity (Wildman–Crippen MR) is 103 cm³/mol. The van der Waals surface area contributed by atoms with Crippen LogP contribution in [0.5, 0.6) is 0 Å². The lowest BCUT2D eigenvalue weighted by molar-refractivity contribution is -0.123. The zero-order valence-corrected chi connectivity index (χ0v) is 16.1. The third kappa shape index (κ3) is 6.25. The van der Waals surface area contributed by atoms with Crippen LogP contribution < -0.4 is 10.6 Å². The van der Waals surface area contributed by atoms with E-state index >= 15 is 0 Å². The Morgan fingerprint density at radius 3 is 2.36 bits per heavy atom. The van der Waals surface area contributed by atoms with Gasteiger partial charge in [-0.25, -0.2) is 4.79 Å². The van der Waals surface area contributed by atoms with Crippen LogP contribution in [0, 0.1) is 0 Å². The normalized spacial score (nSPS) is 16.4. The fraction of sp³-hybridized carbons (Fsp3) is 0.556. The summed E-state index contributed by atoms with van der Waals surface area (Å²) in [5.41, 5.74) is 0.804. The smallest absolute Gasteiger partial charge is 0.321 e. The maximum Gasteiger partial charge on any atom is 0.321 e. The van der Waals surface area contributed by atoms with Crippen molar-refractivity contribution in [2.75, 3.05) is 44.3 Å². The standard InChI is InChI=1S/C18H28N4O2S/c1-4-14(2)19-17(23)13-21-9-11-22(12-10-21)18(24)20-15-5-7-16(25-3)8-6-15/h5-8,14H,4,9-13H2,1-3H3,(H,19,23)(H,20,24). The minimum Gasteiger partial charge on any atom is -0.353 e. The molecule has 7 heteroatoms. The highest BCUT2D eigenvalue weighted by atomic mass is 32.2. The molecule has 2 N–H and O–H groups in total. The van der Waals surface area contributed by atoms with E-state index in [1.807, 2.05) is 37.4 Å². The number of carbonyl (C=O) groups is 2. The number of carbonyl (C=O) groups excluding carboxylic acids is 2. The first-order chi connectivity index (χ1) is 12.0. The molecule has 138 valence electrons. The summed E-state index contributed by atoms with van der Waals surface area (Å²) in [5.74, 6) is 0.0566. The number of nitrogens with one attached hydrogen (secondary N) is 2. The van der Waals surface area contributed by atoms with Gasteiger partial charge in [0.05, 0.1) is 6.54 Å². The van der Waals surface area contributed by atoms with Gasteiger partial charge in [-0.15, -0.1) is 11.8 Å². The van der Waals surface area contributed by atoms with E-state index in [0.29, 0.717) is 32.7 Å². The molecular weight excluding hydrogens is 336 g/mol. The Balaban J connectivity index is 1.75. The SMILES string of the molecule is CCC(C)NC(=O)CN1CCN(C(=O)Nc2ccc(SC)cc2)CC1. The third-order valence-electron chi connectivity index (χ3n) is 4.39. The van der Waals surface area contributed by atoms with E-state index in [4.69, 9.17) is 0 Å². The Bertz CT molecular complexity index is 571. The average molecular weight is 365 g/mol. The van der Waals surface area contributed by atoms with E-state index in [-0.39, 0.29) is 18.0 Å². The zero-order valence-electron chi connectivity index (χ0n) is 15.2. The van der Waals surface area contributed by atoms with Crippen LogP contribution in [0.4, 0.5) is 10.5 Å². The molecule has 0 aliphatic carbocycles. The minimum absolute atomic E-state index is 0.0566. The molecule has 0 aromatic heterocycles. The Hall–Kier alpha value is -1.73. The molecule has 1 unspecified atom stereocenters. The summed E-state index contributed by atoms with van der Waals surface area (Å²) in [6.07, 6.45) is 2.95. The number of amides is 3. The summed E-state index contributed by atoms with van der Waals surface area (Å²) >= 11 is 1.67. The summed E-state index contributed by atoms with van der Waals surface area (Å²) < 4.78 is 0. The number of hydrogen-bond donors (Lipinski definition) is 2. The second-order valence-electron chi connectivity index (χ2n) is 6.30. The third-order valence-corrected chi connectivity index (χ3v) is 5.13. The fourth-order valence-corrected chi connectivity index (χ4v) is 3.02. The maximum absolute atomic E-state index is 12.3. The molecule has 1 fully saturated rings. The summed E-state index contributed by atoms with van der Waals surface area (Å²) in [7, 11) is 0. The summed E-state index contributed by atoms with van der Waals surface area (Å²) in [5, 5.41) is 5.91. The highest BCUT2D eigenvalue weighted by molar-refractivity contribution is 7.98. The van der Waals surface area contributed by atoms with E-state index in [9.17, 15) is 9.59 Å². The van der Waals surface area contributed by atoms with Crippen LogP contribution in [0.15, 0.2) is 29.2 Å². The number of piperazine rings is 1. The molecular formula is C18H28N4O2S. The first-order valence-corrected chi connectivity index (χ1v) is 9.96. The molecule has 25 heavy (non-hydrogen) atoms. The van der Waals surface area contributed by atoms with Crippen molar-refractivity contribution in [3.8, 4) is 0 Å². The van der Waals surface area contributed by atoms with Gasteiger partial charge in [-0.1, -0.05) is 6.92 Å². The Morgan fingerprint density at radius 1 is 1.16 bits per heavy atom. The molecule has 2 rings (SSSR count). The van der Waals surface area contributed by atoms with Crippen LogP contribution in [0.3, 0.4) is 0 Å². The molecule has 1 aliphatic rings. The molecule has 1 aliphatic heterocycles. The maximum atomic E-state index is 12.3. The lowest BCUT2D eigenvalue weighted by Gasteiger charge is -2.34. The van der Waals surface area contributed by atoms with Gasteiger partial charge in [0, 0.05) is 42.8 Å². The van der Waals surface area contributed by atoms with Gasteiger partial charge in [0.15, 0.2) is 0 Å². The minimum atomic E-state index is -0.0828. The quantitative estimate of drug-likeness (QED) is 0.761. The number of thioether (sulfide) groups is 1. The summed E-state index contributed by atoms with van der Waals surface area (Å²) in [4.78, 5) is 29.3. The van der Waals surface area contributed by atoms with Crippen molar-refractivity contribution in [2.45, 2.75) is 31.2 Å². The first kappa shape index (κ1) is 19.6. The largest absolute Gasteiger partial charge is 0.353 e. The van der Waals surface area contributed by atoms with E-state index in [1.54, 1.807) is 16.7 Å². The van der Waals surface area contributed by atoms with Crippen molar-refractivity contribution < 1.29 is 9.59 Å². The number of nitrogens with zero attached hydrogens (tertiary/aromatic N) is 2. The van der Waals surface area contributed by atoms with Crippen LogP contribution in [-0.4, -0.2) is 66.8 Å². The Kier molecular flexibility index (Phi) is 7.58. The van der Waals surface area contributed by atoms with Crippen LogP contribution in [-0.2, 0) is 4.79 Å². The Labute approximate surface area is 154 Å². The highest BCUT2D eigenvalue weighted by Gasteiger charge is 2.22. The summed E-state index contributed by atoms with van der Waals surface area (Å²) in [6.45, 7) is 7.15. The van der Waals surface area contributed by atoms with Gasteiger partial charge < -0.3 is 15.5 Å². The van der Waals surface area contributed by atoms with Gasteiger partial charge in [0.2, 0.25) is 5.91 Å². The second-order valence-corrected chi connectivity index (χ2v) is 7.18. The van der Waals surface area contributed by atoms with E-state index in [1.165, 1.54) is 4.90 Å². The summed E-state index contributed by atoms with van der Waals surface area (Å²) in [6, 6.07) is 7.94. The molecule has 6 nitrogen and oxygen atoms in total. The van der Waals surface area contributed by atoms with Crippen molar-refractivity contribution in [1.29, 1.82) is 0 Å². The number of benzene rings is 1. The molecule has 1 saturated heterocycles. The number of anilines is 1. The molecule has 1 aromatic carbocycles. The van der Waals surface area contributed by atoms with Gasteiger partial charge in [-0.2, -0.15) is 0 Å². The van der Waals surface area contributed by atoms with Crippen molar-refractivity contribution in [1.82, 2.24) is 15.1 Å². The van der Waals surface area contributed by atoms with Crippen LogP contribution in [0.1, 0.15) is 20.3 Å². The zero-order chi connectivity index (χ0) is 18.2. The highest BCUT2D eigenvalue weighted by Crippen LogP contribution is 2.18. The first-order valence-electron chi connectivity index (χ1n) is 8.73. The molecule has 3 amide bonds. The van der Waals surface area contributed by atoms with Gasteiger partial charge in [0.1, 0.15) is 0 Å². The predicted octanol–water partition coefficient (Wildman–Crippen LogP) is 2.47. The van der Waals surface area contributed by atoms with Gasteiger partial charge in [-0.3, -0.25) is 9.69 Å². The van der Waals surface area contributed by atoms with Crippen LogP contribution >= 0.6 is 11.8 Å². The molecule has 1 aromatic rings. The number of hydrogen-bond acceptors (Lipinski definition) is 4. The molecule has 1 heterocycles. The molecule has 0 bridgehead atoms. The topological polar surface area (TPSA) is 64.7 Å². The van der Waals surface area contributed by atoms with Crippen LogP contribution in [0.25, 0.3) is 0 Å². The molecule has 0 saturated carbocycles. The molecule has 0 spiro atoms.